The average Bonchev–Trinajstić information content (AvgIpc) is 2.49. The zero-order valence-corrected chi connectivity index (χ0v) is 15.2. The highest BCUT2D eigenvalue weighted by Crippen LogP contribution is 2.32. The smallest absolute Gasteiger partial charge is 0.222 e. The van der Waals surface area contributed by atoms with Gasteiger partial charge in [-0.15, -0.1) is 0 Å². The van der Waals surface area contributed by atoms with Crippen molar-refractivity contribution in [2.75, 3.05) is 30.5 Å². The molecule has 0 aromatic carbocycles. The molecule has 9 heteroatoms. The van der Waals surface area contributed by atoms with Crippen molar-refractivity contribution in [3.8, 4) is 0 Å². The van der Waals surface area contributed by atoms with E-state index in [1.165, 1.54) is 7.05 Å². The Kier molecular flexibility index (Phi) is 5.62. The summed E-state index contributed by atoms with van der Waals surface area (Å²) >= 11 is 3.45. The molecular weight excluding hydrogens is 370 g/mol. The molecule has 1 aliphatic carbocycles. The Morgan fingerprint density at radius 2 is 2.05 bits per heavy atom. The summed E-state index contributed by atoms with van der Waals surface area (Å²) in [5.41, 5.74) is 5.66. The van der Waals surface area contributed by atoms with Gasteiger partial charge in [-0.25, -0.2) is 18.1 Å². The second-order valence-corrected chi connectivity index (χ2v) is 8.50. The lowest BCUT2D eigenvalue weighted by molar-refractivity contribution is 0.340. The number of nitrogens with two attached hydrogens (primary N) is 1. The molecule has 0 radical (unpaired) electrons. The van der Waals surface area contributed by atoms with Crippen LogP contribution in [0.2, 0.25) is 0 Å². The minimum atomic E-state index is -3.13. The van der Waals surface area contributed by atoms with Gasteiger partial charge in [-0.05, 0) is 54.6 Å². The Balaban J connectivity index is 1.98. The van der Waals surface area contributed by atoms with Crippen LogP contribution >= 0.6 is 15.9 Å². The summed E-state index contributed by atoms with van der Waals surface area (Å²) in [6.45, 7) is 0. The van der Waals surface area contributed by atoms with Gasteiger partial charge in [0.1, 0.15) is 5.82 Å². The highest BCUT2D eigenvalue weighted by Gasteiger charge is 2.28. The van der Waals surface area contributed by atoms with Gasteiger partial charge in [-0.2, -0.15) is 4.98 Å². The molecular formula is C13H22BrN5O2S. The van der Waals surface area contributed by atoms with E-state index in [1.807, 2.05) is 7.05 Å². The number of rotatable bonds is 5. The third kappa shape index (κ3) is 4.30. The summed E-state index contributed by atoms with van der Waals surface area (Å²) in [6.07, 6.45) is 5.33. The summed E-state index contributed by atoms with van der Waals surface area (Å²) in [7, 11) is 0.322. The Hall–Kier alpha value is -0.930. The van der Waals surface area contributed by atoms with Crippen molar-refractivity contribution < 1.29 is 8.42 Å². The number of hydrogen-bond acceptors (Lipinski definition) is 6. The lowest BCUT2D eigenvalue weighted by atomic mass is 9.86. The Morgan fingerprint density at radius 3 is 2.64 bits per heavy atom. The van der Waals surface area contributed by atoms with Gasteiger partial charge in [0.25, 0.3) is 0 Å². The number of hydrogen-bond donors (Lipinski definition) is 2. The second kappa shape index (κ2) is 7.10. The fourth-order valence-corrected chi connectivity index (χ4v) is 4.48. The molecule has 0 saturated heterocycles. The summed E-state index contributed by atoms with van der Waals surface area (Å²) in [5, 5.41) is 0. The zero-order chi connectivity index (χ0) is 16.3. The molecule has 3 N–H and O–H groups in total. The molecule has 124 valence electrons. The molecule has 1 aromatic rings. The maximum absolute atomic E-state index is 11.6. The van der Waals surface area contributed by atoms with Gasteiger partial charge in [0.15, 0.2) is 0 Å². The highest BCUT2D eigenvalue weighted by atomic mass is 79.9. The lowest BCUT2D eigenvalue weighted by Crippen LogP contribution is -2.38. The van der Waals surface area contributed by atoms with Gasteiger partial charge in [0.05, 0.1) is 10.2 Å². The van der Waals surface area contributed by atoms with Gasteiger partial charge in [0, 0.05) is 19.3 Å². The quantitative estimate of drug-likeness (QED) is 0.785. The Bertz CT molecular complexity index is 617. The molecule has 0 bridgehead atoms. The molecule has 22 heavy (non-hydrogen) atoms. The van der Waals surface area contributed by atoms with Gasteiger partial charge in [0.2, 0.25) is 16.0 Å². The van der Waals surface area contributed by atoms with Crippen LogP contribution < -0.4 is 15.4 Å². The first-order valence-electron chi connectivity index (χ1n) is 7.24. The standard InChI is InChI=1S/C13H22BrN5O2S/c1-16-22(20,21)8-9-3-5-10(6-4-9)19(2)12-11(14)7-17-13(15)18-12/h7,9-10,16H,3-6,8H2,1-2H3,(H2,15,17,18). The molecule has 0 aliphatic heterocycles. The Morgan fingerprint density at radius 1 is 1.41 bits per heavy atom. The predicted octanol–water partition coefficient (Wildman–Crippen LogP) is 1.37. The molecule has 0 spiro atoms. The number of sulfonamides is 1. The van der Waals surface area contributed by atoms with E-state index in [1.54, 1.807) is 6.20 Å². The van der Waals surface area contributed by atoms with Crippen LogP contribution in [0, 0.1) is 5.92 Å². The number of anilines is 2. The van der Waals surface area contributed by atoms with E-state index in [0.29, 0.717) is 6.04 Å². The summed E-state index contributed by atoms with van der Waals surface area (Å²) < 4.78 is 26.5. The minimum absolute atomic E-state index is 0.212. The van der Waals surface area contributed by atoms with Gasteiger partial charge < -0.3 is 10.6 Å². The summed E-state index contributed by atoms with van der Waals surface area (Å²) in [5.74, 6) is 1.46. The third-order valence-electron chi connectivity index (χ3n) is 4.21. The van der Waals surface area contributed by atoms with Crippen molar-refractivity contribution in [3.63, 3.8) is 0 Å². The number of nitrogen functional groups attached to an aromatic ring is 1. The first-order valence-corrected chi connectivity index (χ1v) is 9.69. The van der Waals surface area contributed by atoms with Crippen LogP contribution in [-0.4, -0.2) is 44.3 Å². The number of aromatic nitrogens is 2. The van der Waals surface area contributed by atoms with Crippen molar-refractivity contribution in [2.24, 2.45) is 5.92 Å². The van der Waals surface area contributed by atoms with Crippen LogP contribution in [0.25, 0.3) is 0 Å². The lowest BCUT2D eigenvalue weighted by Gasteiger charge is -2.35. The van der Waals surface area contributed by atoms with Crippen LogP contribution in [0.1, 0.15) is 25.7 Å². The van der Waals surface area contributed by atoms with E-state index in [-0.39, 0.29) is 17.6 Å². The van der Waals surface area contributed by atoms with Crippen LogP contribution in [0.4, 0.5) is 11.8 Å². The predicted molar refractivity (Wildman–Crippen MR) is 91.1 cm³/mol. The number of halogens is 1. The van der Waals surface area contributed by atoms with Crippen LogP contribution in [-0.2, 0) is 10.0 Å². The number of nitrogens with one attached hydrogen (secondary N) is 1. The van der Waals surface area contributed by atoms with E-state index in [9.17, 15) is 8.42 Å². The largest absolute Gasteiger partial charge is 0.368 e. The fourth-order valence-electron chi connectivity index (χ4n) is 2.88. The van der Waals surface area contributed by atoms with Crippen molar-refractivity contribution in [3.05, 3.63) is 10.7 Å². The third-order valence-corrected chi connectivity index (χ3v) is 6.30. The SMILES string of the molecule is CNS(=O)(=O)CC1CCC(N(C)c2nc(N)ncc2Br)CC1. The maximum atomic E-state index is 11.6. The summed E-state index contributed by atoms with van der Waals surface area (Å²) in [6, 6.07) is 0.333. The van der Waals surface area contributed by atoms with Crippen molar-refractivity contribution in [1.82, 2.24) is 14.7 Å². The van der Waals surface area contributed by atoms with E-state index in [2.05, 4.69) is 35.5 Å². The van der Waals surface area contributed by atoms with Crippen LogP contribution in [0.15, 0.2) is 10.7 Å². The molecule has 1 aromatic heterocycles. The fraction of sp³-hybridized carbons (Fsp3) is 0.692. The Labute approximate surface area is 139 Å². The first kappa shape index (κ1) is 17.4. The van der Waals surface area contributed by atoms with Gasteiger partial charge in [-0.1, -0.05) is 0 Å². The second-order valence-electron chi connectivity index (χ2n) is 5.67. The molecule has 0 amide bonds. The van der Waals surface area contributed by atoms with Crippen LogP contribution in [0.3, 0.4) is 0 Å². The normalized spacial score (nSPS) is 22.5. The summed E-state index contributed by atoms with van der Waals surface area (Å²) in [4.78, 5) is 10.3. The highest BCUT2D eigenvalue weighted by molar-refractivity contribution is 9.10. The average molecular weight is 392 g/mol. The molecule has 1 saturated carbocycles. The van der Waals surface area contributed by atoms with Crippen molar-refractivity contribution in [1.29, 1.82) is 0 Å². The maximum Gasteiger partial charge on any atom is 0.222 e. The topological polar surface area (TPSA) is 101 Å². The first-order chi connectivity index (χ1) is 10.3. The molecule has 1 heterocycles. The molecule has 2 rings (SSSR count). The van der Waals surface area contributed by atoms with Gasteiger partial charge in [-0.3, -0.25) is 0 Å². The van der Waals surface area contributed by atoms with E-state index in [0.717, 1.165) is 36.0 Å². The van der Waals surface area contributed by atoms with Gasteiger partial charge >= 0.3 is 0 Å². The molecule has 0 unspecified atom stereocenters. The number of nitrogens with zero attached hydrogens (tertiary/aromatic N) is 3. The van der Waals surface area contributed by atoms with Crippen molar-refractivity contribution >= 4 is 37.7 Å². The molecule has 1 fully saturated rings. The van der Waals surface area contributed by atoms with Crippen molar-refractivity contribution in [2.45, 2.75) is 31.7 Å². The molecule has 1 aliphatic rings. The molecule has 7 nitrogen and oxygen atoms in total. The van der Waals surface area contributed by atoms with Crippen LogP contribution in [0.5, 0.6) is 0 Å². The zero-order valence-electron chi connectivity index (χ0n) is 12.8. The monoisotopic (exact) mass is 391 g/mol. The van der Waals surface area contributed by atoms with E-state index < -0.39 is 10.0 Å². The van der Waals surface area contributed by atoms with E-state index in [4.69, 9.17) is 5.73 Å². The van der Waals surface area contributed by atoms with E-state index >= 15 is 0 Å². The minimum Gasteiger partial charge on any atom is -0.368 e. The molecule has 0 atom stereocenters.